The lowest BCUT2D eigenvalue weighted by molar-refractivity contribution is 0.179. The topological polar surface area (TPSA) is 59.6 Å². The van der Waals surface area contributed by atoms with Gasteiger partial charge in [-0.05, 0) is 31.2 Å². The Morgan fingerprint density at radius 3 is 2.65 bits per heavy atom. The number of nitrogens with two attached hydrogens (primary N) is 1. The summed E-state index contributed by atoms with van der Waals surface area (Å²) in [6.45, 7) is 5.44. The molecule has 2 unspecified atom stereocenters. The molecule has 112 valence electrons. The number of guanidine groups is 1. The van der Waals surface area contributed by atoms with Gasteiger partial charge in [-0.1, -0.05) is 22.9 Å². The minimum atomic E-state index is 0.165. The van der Waals surface area contributed by atoms with Crippen LogP contribution in [0.4, 0.5) is 0 Å². The van der Waals surface area contributed by atoms with Gasteiger partial charge in [-0.3, -0.25) is 4.99 Å². The van der Waals surface area contributed by atoms with Crippen molar-refractivity contribution in [3.63, 3.8) is 0 Å². The lowest BCUT2D eigenvalue weighted by Crippen LogP contribution is -2.41. The van der Waals surface area contributed by atoms with Crippen LogP contribution in [0.2, 0.25) is 0 Å². The summed E-state index contributed by atoms with van der Waals surface area (Å²) in [5, 5.41) is 3.46. The maximum Gasteiger partial charge on any atom is 0.188 e. The van der Waals surface area contributed by atoms with Gasteiger partial charge in [0.2, 0.25) is 0 Å². The summed E-state index contributed by atoms with van der Waals surface area (Å²) in [7, 11) is 1.67. The summed E-state index contributed by atoms with van der Waals surface area (Å²) in [5.41, 5.74) is 5.83. The SMILES string of the molecule is COCC(C)NC(N)=NCC(C)Sc1ccc(Br)cc1. The van der Waals surface area contributed by atoms with Gasteiger partial charge in [0, 0.05) is 27.8 Å². The lowest BCUT2D eigenvalue weighted by Gasteiger charge is -2.14. The van der Waals surface area contributed by atoms with E-state index in [0.29, 0.717) is 24.4 Å². The van der Waals surface area contributed by atoms with Gasteiger partial charge in [0.15, 0.2) is 5.96 Å². The van der Waals surface area contributed by atoms with Crippen molar-refractivity contribution in [1.82, 2.24) is 5.32 Å². The molecular formula is C14H22BrN3OS. The quantitative estimate of drug-likeness (QED) is 0.446. The summed E-state index contributed by atoms with van der Waals surface area (Å²) in [6.07, 6.45) is 0. The molecule has 1 aromatic rings. The number of benzene rings is 1. The highest BCUT2D eigenvalue weighted by atomic mass is 79.9. The van der Waals surface area contributed by atoms with Crippen LogP contribution in [-0.2, 0) is 4.74 Å². The Balaban J connectivity index is 2.38. The van der Waals surface area contributed by atoms with E-state index in [4.69, 9.17) is 10.5 Å². The predicted octanol–water partition coefficient (Wildman–Crippen LogP) is 2.87. The first-order valence-corrected chi connectivity index (χ1v) is 8.16. The molecule has 0 aliphatic rings. The Morgan fingerprint density at radius 2 is 2.05 bits per heavy atom. The summed E-state index contributed by atoms with van der Waals surface area (Å²) in [6, 6.07) is 8.44. The molecule has 3 N–H and O–H groups in total. The van der Waals surface area contributed by atoms with E-state index in [1.165, 1.54) is 4.90 Å². The van der Waals surface area contributed by atoms with E-state index in [1.807, 2.05) is 19.1 Å². The molecule has 4 nitrogen and oxygen atoms in total. The average molecular weight is 360 g/mol. The molecule has 2 atom stereocenters. The van der Waals surface area contributed by atoms with Crippen molar-refractivity contribution in [2.75, 3.05) is 20.3 Å². The van der Waals surface area contributed by atoms with Crippen molar-refractivity contribution in [1.29, 1.82) is 0 Å². The van der Waals surface area contributed by atoms with Crippen molar-refractivity contribution in [2.45, 2.75) is 30.0 Å². The van der Waals surface area contributed by atoms with Gasteiger partial charge in [0.1, 0.15) is 0 Å². The fourth-order valence-corrected chi connectivity index (χ4v) is 2.77. The Kier molecular flexibility index (Phi) is 8.02. The highest BCUT2D eigenvalue weighted by Gasteiger charge is 2.05. The van der Waals surface area contributed by atoms with Crippen LogP contribution >= 0.6 is 27.7 Å². The number of nitrogens with zero attached hydrogens (tertiary/aromatic N) is 1. The van der Waals surface area contributed by atoms with Crippen LogP contribution in [0.5, 0.6) is 0 Å². The molecular weight excluding hydrogens is 338 g/mol. The molecule has 0 saturated carbocycles. The average Bonchev–Trinajstić information content (AvgIpc) is 2.39. The molecule has 0 radical (unpaired) electrons. The highest BCUT2D eigenvalue weighted by Crippen LogP contribution is 2.24. The zero-order chi connectivity index (χ0) is 15.0. The molecule has 6 heteroatoms. The highest BCUT2D eigenvalue weighted by molar-refractivity contribution is 9.10. The van der Waals surface area contributed by atoms with E-state index >= 15 is 0 Å². The van der Waals surface area contributed by atoms with Crippen LogP contribution in [0.25, 0.3) is 0 Å². The fraction of sp³-hybridized carbons (Fsp3) is 0.500. The summed E-state index contributed by atoms with van der Waals surface area (Å²) in [4.78, 5) is 5.59. The molecule has 0 bridgehead atoms. The van der Waals surface area contributed by atoms with Crippen LogP contribution in [0.1, 0.15) is 13.8 Å². The molecule has 0 heterocycles. The Bertz CT molecular complexity index is 425. The number of methoxy groups -OCH3 is 1. The van der Waals surface area contributed by atoms with Gasteiger partial charge in [-0.2, -0.15) is 0 Å². The van der Waals surface area contributed by atoms with E-state index in [1.54, 1.807) is 18.9 Å². The molecule has 0 fully saturated rings. The first-order chi connectivity index (χ1) is 9.51. The third-order valence-corrected chi connectivity index (χ3v) is 4.11. The number of rotatable bonds is 7. The molecule has 0 aliphatic heterocycles. The third kappa shape index (κ3) is 7.17. The Morgan fingerprint density at radius 1 is 1.40 bits per heavy atom. The van der Waals surface area contributed by atoms with Gasteiger partial charge in [-0.15, -0.1) is 11.8 Å². The van der Waals surface area contributed by atoms with Crippen LogP contribution in [0, 0.1) is 0 Å². The zero-order valence-electron chi connectivity index (χ0n) is 12.1. The maximum absolute atomic E-state index is 5.83. The number of ether oxygens (including phenoxy) is 1. The second kappa shape index (κ2) is 9.26. The number of aliphatic imine (C=N–C) groups is 1. The Labute approximate surface area is 133 Å². The second-order valence-corrected chi connectivity index (χ2v) is 7.04. The zero-order valence-corrected chi connectivity index (χ0v) is 14.5. The first-order valence-electron chi connectivity index (χ1n) is 6.49. The lowest BCUT2D eigenvalue weighted by atomic mass is 10.4. The summed E-state index contributed by atoms with van der Waals surface area (Å²) < 4.78 is 6.13. The molecule has 1 rings (SSSR count). The number of thioether (sulfide) groups is 1. The van der Waals surface area contributed by atoms with Gasteiger partial charge in [-0.25, -0.2) is 0 Å². The molecule has 0 saturated heterocycles. The van der Waals surface area contributed by atoms with E-state index in [9.17, 15) is 0 Å². The number of halogens is 1. The minimum Gasteiger partial charge on any atom is -0.383 e. The third-order valence-electron chi connectivity index (χ3n) is 2.48. The smallest absolute Gasteiger partial charge is 0.188 e. The maximum atomic E-state index is 5.83. The number of nitrogens with one attached hydrogen (secondary N) is 1. The summed E-state index contributed by atoms with van der Waals surface area (Å²) >= 11 is 5.22. The van der Waals surface area contributed by atoms with E-state index in [-0.39, 0.29) is 6.04 Å². The normalized spacial score (nSPS) is 14.9. The predicted molar refractivity (Wildman–Crippen MR) is 90.4 cm³/mol. The van der Waals surface area contributed by atoms with E-state index in [2.05, 4.69) is 45.3 Å². The van der Waals surface area contributed by atoms with Gasteiger partial charge < -0.3 is 15.8 Å². The van der Waals surface area contributed by atoms with Crippen LogP contribution < -0.4 is 11.1 Å². The van der Waals surface area contributed by atoms with Crippen molar-refractivity contribution in [2.24, 2.45) is 10.7 Å². The molecule has 0 aliphatic carbocycles. The van der Waals surface area contributed by atoms with Crippen molar-refractivity contribution >= 4 is 33.7 Å². The molecule has 20 heavy (non-hydrogen) atoms. The van der Waals surface area contributed by atoms with Crippen molar-refractivity contribution in [3.8, 4) is 0 Å². The van der Waals surface area contributed by atoms with Crippen molar-refractivity contribution in [3.05, 3.63) is 28.7 Å². The summed E-state index contributed by atoms with van der Waals surface area (Å²) in [5.74, 6) is 0.470. The minimum absolute atomic E-state index is 0.165. The molecule has 1 aromatic carbocycles. The van der Waals surface area contributed by atoms with E-state index < -0.39 is 0 Å². The largest absolute Gasteiger partial charge is 0.383 e. The van der Waals surface area contributed by atoms with Gasteiger partial charge in [0.25, 0.3) is 0 Å². The number of hydrogen-bond acceptors (Lipinski definition) is 3. The standard InChI is InChI=1S/C14H22BrN3OS/c1-10(9-19-3)18-14(16)17-8-11(2)20-13-6-4-12(15)5-7-13/h4-7,10-11H,8-9H2,1-3H3,(H3,16,17,18). The Hall–Kier alpha value is -0.720. The molecule has 0 spiro atoms. The van der Waals surface area contributed by atoms with Crippen molar-refractivity contribution < 1.29 is 4.74 Å². The van der Waals surface area contributed by atoms with Crippen LogP contribution in [-0.4, -0.2) is 37.5 Å². The molecule has 0 aromatic heterocycles. The monoisotopic (exact) mass is 359 g/mol. The fourth-order valence-electron chi connectivity index (χ4n) is 1.60. The van der Waals surface area contributed by atoms with E-state index in [0.717, 1.165) is 4.47 Å². The van der Waals surface area contributed by atoms with Gasteiger partial charge >= 0.3 is 0 Å². The van der Waals surface area contributed by atoms with Gasteiger partial charge in [0.05, 0.1) is 13.2 Å². The second-order valence-electron chi connectivity index (χ2n) is 4.61. The first kappa shape index (κ1) is 17.3. The van der Waals surface area contributed by atoms with Crippen LogP contribution in [0.3, 0.4) is 0 Å². The number of hydrogen-bond donors (Lipinski definition) is 2. The van der Waals surface area contributed by atoms with Crippen LogP contribution in [0.15, 0.2) is 38.6 Å². The molecule has 0 amide bonds.